The Morgan fingerprint density at radius 2 is 1.67 bits per heavy atom. The van der Waals surface area contributed by atoms with Crippen LogP contribution in [0, 0.1) is 0 Å². The van der Waals surface area contributed by atoms with Crippen molar-refractivity contribution in [2.45, 2.75) is 0 Å². The van der Waals surface area contributed by atoms with Crippen LogP contribution in [0.5, 0.6) is 0 Å². The molecule has 0 fully saturated rings. The van der Waals surface area contributed by atoms with Crippen molar-refractivity contribution in [3.8, 4) is 0 Å². The fourth-order valence-electron chi connectivity index (χ4n) is 0. The first-order valence-corrected chi connectivity index (χ1v) is 12.2. The van der Waals surface area contributed by atoms with E-state index in [1.54, 1.807) is 0 Å². The zero-order valence-electron chi connectivity index (χ0n) is 4.53. The summed E-state index contributed by atoms with van der Waals surface area (Å²) in [6.45, 7) is 0. The van der Waals surface area contributed by atoms with E-state index in [9.17, 15) is 0 Å². The van der Waals surface area contributed by atoms with E-state index >= 15 is 0 Å². The zero-order valence-corrected chi connectivity index (χ0v) is 10.9. The molecular weight excluding hydrogens is 285 g/mol. The molecule has 0 aliphatic rings. The maximum atomic E-state index is 4.97. The molecule has 0 radical (unpaired) electrons. The Bertz CT molecular complexity index is 65.8. The molecular formula is CH7CdCl2N3OS. The Labute approximate surface area is 77.7 Å². The first-order chi connectivity index (χ1) is 3.68. The maximum absolute atomic E-state index is 4.97. The van der Waals surface area contributed by atoms with Crippen molar-refractivity contribution in [3.63, 3.8) is 0 Å². The van der Waals surface area contributed by atoms with Crippen molar-refractivity contribution in [2.24, 2.45) is 11.6 Å². The third-order valence-electron chi connectivity index (χ3n) is 0.142. The molecule has 0 amide bonds. The third kappa shape index (κ3) is 47.6. The van der Waals surface area contributed by atoms with Crippen LogP contribution in [-0.4, -0.2) is 10.6 Å². The van der Waals surface area contributed by atoms with E-state index in [-0.39, 0.29) is 10.6 Å². The van der Waals surface area contributed by atoms with Crippen LogP contribution in [0.25, 0.3) is 0 Å². The molecule has 0 bridgehead atoms. The number of rotatable bonds is 0. The van der Waals surface area contributed by atoms with E-state index in [4.69, 9.17) is 22.4 Å². The molecule has 54 valence electrons. The van der Waals surface area contributed by atoms with E-state index in [2.05, 4.69) is 18.1 Å². The normalized spacial score (nSPS) is 4.78. The molecule has 0 saturated carbocycles. The van der Waals surface area contributed by atoms with Gasteiger partial charge in [-0.05, 0) is 12.2 Å². The van der Waals surface area contributed by atoms with Gasteiger partial charge >= 0.3 is 38.4 Å². The Hall–Kier alpha value is 1.11. The predicted octanol–water partition coefficient (Wildman–Crippen LogP) is -0.755. The first-order valence-electron chi connectivity index (χ1n) is 1.57. The van der Waals surface area contributed by atoms with E-state index < -0.39 is 21.8 Å². The SMILES string of the molecule is NNC(N)=S.O.[Cl][Cd][Cl]. The molecule has 0 atom stereocenters. The molecule has 0 unspecified atom stereocenters. The molecule has 0 aromatic heterocycles. The number of thiocarbonyl (C=S) groups is 1. The number of hydrazine groups is 1. The summed E-state index contributed by atoms with van der Waals surface area (Å²) < 4.78 is 0. The predicted molar refractivity (Wildman–Crippen MR) is 39.4 cm³/mol. The summed E-state index contributed by atoms with van der Waals surface area (Å²) in [7, 11) is 9.95. The number of hydrogen-bond donors (Lipinski definition) is 3. The summed E-state index contributed by atoms with van der Waals surface area (Å²) in [5.74, 6) is 4.66. The molecule has 8 heteroatoms. The van der Waals surface area contributed by atoms with Crippen LogP contribution in [-0.2, 0) is 21.8 Å². The summed E-state index contributed by atoms with van der Waals surface area (Å²) in [6.07, 6.45) is 0. The fraction of sp³-hybridized carbons (Fsp3) is 0. The average molecular weight is 292 g/mol. The number of halogens is 2. The van der Waals surface area contributed by atoms with E-state index in [0.717, 1.165) is 0 Å². The summed E-state index contributed by atoms with van der Waals surface area (Å²) in [4.78, 5) is 0. The van der Waals surface area contributed by atoms with Crippen molar-refractivity contribution in [1.29, 1.82) is 0 Å². The fourth-order valence-corrected chi connectivity index (χ4v) is 0. The van der Waals surface area contributed by atoms with Crippen LogP contribution in [0.3, 0.4) is 0 Å². The second-order valence-corrected chi connectivity index (χ2v) is 7.05. The van der Waals surface area contributed by atoms with E-state index in [0.29, 0.717) is 0 Å². The van der Waals surface area contributed by atoms with Crippen molar-refractivity contribution in [1.82, 2.24) is 5.43 Å². The Balaban J connectivity index is -0.0000000800. The number of nitrogens with two attached hydrogens (primary N) is 2. The molecule has 0 heterocycles. The van der Waals surface area contributed by atoms with Crippen LogP contribution in [0.2, 0.25) is 0 Å². The van der Waals surface area contributed by atoms with Crippen LogP contribution in [0.1, 0.15) is 0 Å². The minimum atomic E-state index is -1.07. The molecule has 0 aliphatic heterocycles. The van der Waals surface area contributed by atoms with Crippen molar-refractivity contribution in [2.75, 3.05) is 0 Å². The molecule has 0 aliphatic carbocycles. The summed E-state index contributed by atoms with van der Waals surface area (Å²) in [5.41, 5.74) is 6.82. The van der Waals surface area contributed by atoms with Crippen molar-refractivity contribution >= 4 is 34.0 Å². The van der Waals surface area contributed by atoms with Gasteiger partial charge in [0.2, 0.25) is 0 Å². The zero-order chi connectivity index (χ0) is 6.99. The van der Waals surface area contributed by atoms with Crippen molar-refractivity contribution < 1.29 is 27.3 Å². The van der Waals surface area contributed by atoms with Gasteiger partial charge in [-0.25, -0.2) is 5.84 Å². The number of nitrogens with one attached hydrogen (secondary N) is 1. The van der Waals surface area contributed by atoms with Crippen LogP contribution in [0.15, 0.2) is 0 Å². The molecule has 4 nitrogen and oxygen atoms in total. The van der Waals surface area contributed by atoms with Gasteiger partial charge in [-0.1, -0.05) is 0 Å². The number of hydrogen-bond acceptors (Lipinski definition) is 2. The van der Waals surface area contributed by atoms with Gasteiger partial charge in [-0.2, -0.15) is 0 Å². The van der Waals surface area contributed by atoms with Crippen molar-refractivity contribution in [3.05, 3.63) is 0 Å². The Morgan fingerprint density at radius 1 is 1.56 bits per heavy atom. The second kappa shape index (κ2) is 16.1. The molecule has 0 rings (SSSR count). The van der Waals surface area contributed by atoms with E-state index in [1.165, 1.54) is 0 Å². The third-order valence-corrected chi connectivity index (χ3v) is 0.260. The monoisotopic (exact) mass is 293 g/mol. The first kappa shape index (κ1) is 16.6. The summed E-state index contributed by atoms with van der Waals surface area (Å²) in [6, 6.07) is 0. The molecule has 0 saturated heterocycles. The van der Waals surface area contributed by atoms with Gasteiger partial charge in [0.15, 0.2) is 5.11 Å². The minimum absolute atomic E-state index is 0. The standard InChI is InChI=1S/CH5N3S.Cd.2ClH.H2O/c2-1(5)4-3;;;;/h3H2,(H3,2,4,5);;2*1H;1H2/q;+2;;;/p-2. The van der Waals surface area contributed by atoms with Gasteiger partial charge in [-0.3, -0.25) is 0 Å². The molecule has 0 aromatic rings. The average Bonchev–Trinajstić information content (AvgIpc) is 1.69. The van der Waals surface area contributed by atoms with Gasteiger partial charge in [0.1, 0.15) is 0 Å². The van der Waals surface area contributed by atoms with Gasteiger partial charge in [0.25, 0.3) is 0 Å². The molecule has 0 spiro atoms. The quantitative estimate of drug-likeness (QED) is 0.237. The van der Waals surface area contributed by atoms with Gasteiger partial charge in [-0.15, -0.1) is 0 Å². The molecule has 7 N–H and O–H groups in total. The van der Waals surface area contributed by atoms with E-state index in [1.807, 2.05) is 5.43 Å². The Morgan fingerprint density at radius 3 is 1.67 bits per heavy atom. The molecule has 0 aromatic carbocycles. The summed E-state index contributed by atoms with van der Waals surface area (Å²) >= 11 is 3.17. The second-order valence-electron chi connectivity index (χ2n) is 0.610. The van der Waals surface area contributed by atoms with Gasteiger partial charge in [0, 0.05) is 0 Å². The topological polar surface area (TPSA) is 95.6 Å². The van der Waals surface area contributed by atoms with Crippen LogP contribution >= 0.6 is 28.9 Å². The molecule has 9 heavy (non-hydrogen) atoms. The van der Waals surface area contributed by atoms with Gasteiger partial charge in [0.05, 0.1) is 0 Å². The Kier molecular flexibility index (Phi) is 29.6. The van der Waals surface area contributed by atoms with Crippen LogP contribution < -0.4 is 17.0 Å². The summed E-state index contributed by atoms with van der Waals surface area (Å²) in [5, 5.41) is 0.116. The van der Waals surface area contributed by atoms with Crippen LogP contribution in [0.4, 0.5) is 0 Å². The van der Waals surface area contributed by atoms with Gasteiger partial charge < -0.3 is 16.6 Å².